The van der Waals surface area contributed by atoms with E-state index < -0.39 is 0 Å². The fourth-order valence-corrected chi connectivity index (χ4v) is 6.17. The number of fused-ring (bicyclic) bond motifs is 5. The molecule has 162 valence electrons. The minimum Gasteiger partial charge on any atom is -0.372 e. The molecule has 0 aliphatic carbocycles. The minimum atomic E-state index is -0.0262. The third-order valence-corrected chi connectivity index (χ3v) is 7.86. The number of nitrogens with zero attached hydrogens (tertiary/aromatic N) is 4. The molecule has 0 radical (unpaired) electrons. The number of aromatic nitrogens is 4. The summed E-state index contributed by atoms with van der Waals surface area (Å²) >= 11 is 3.30. The Balaban J connectivity index is 1.87. The van der Waals surface area contributed by atoms with Crippen molar-refractivity contribution in [3.05, 3.63) is 50.6 Å². The standard InChI is InChI=1S/C23H26N4O2S2/c1-12(2)17-10-16-18(11-29-17)31-21-19(16)20(28)26(15-8-6-14(5)7-9-15)22-24-25-23(27(21)22)30-13(3)4/h6-9,12-13,17H,10-11H2,1-5H3/t17-/m0/s1. The summed E-state index contributed by atoms with van der Waals surface area (Å²) in [6.45, 7) is 11.2. The van der Waals surface area contributed by atoms with Crippen LogP contribution in [0.1, 0.15) is 43.7 Å². The molecule has 0 N–H and O–H groups in total. The SMILES string of the molecule is Cc1ccc(-n2c(=O)c3c4c(sc3n3c(SC(C)C)nnc23)CO[C@H](C(C)C)C4)cc1. The third-order valence-electron chi connectivity index (χ3n) is 5.72. The number of ether oxygens (including phenoxy) is 1. The highest BCUT2D eigenvalue weighted by Crippen LogP contribution is 2.38. The van der Waals surface area contributed by atoms with E-state index in [1.807, 2.05) is 31.2 Å². The molecule has 1 aliphatic rings. The van der Waals surface area contributed by atoms with Gasteiger partial charge in [0.05, 0.1) is 23.8 Å². The van der Waals surface area contributed by atoms with Gasteiger partial charge in [0.2, 0.25) is 5.78 Å². The van der Waals surface area contributed by atoms with Crippen LogP contribution in [0.5, 0.6) is 0 Å². The maximum atomic E-state index is 13.9. The maximum Gasteiger partial charge on any atom is 0.268 e. The number of rotatable bonds is 4. The lowest BCUT2D eigenvalue weighted by Crippen LogP contribution is -2.28. The molecule has 4 aromatic rings. The van der Waals surface area contributed by atoms with E-state index in [4.69, 9.17) is 4.74 Å². The summed E-state index contributed by atoms with van der Waals surface area (Å²) in [5.74, 6) is 0.956. The second kappa shape index (κ2) is 7.76. The highest BCUT2D eigenvalue weighted by Gasteiger charge is 2.30. The van der Waals surface area contributed by atoms with Gasteiger partial charge in [0.15, 0.2) is 5.16 Å². The maximum absolute atomic E-state index is 13.9. The molecule has 0 spiro atoms. The smallest absolute Gasteiger partial charge is 0.268 e. The van der Waals surface area contributed by atoms with Crippen LogP contribution in [0.15, 0.2) is 34.2 Å². The number of aryl methyl sites for hydroxylation is 1. The summed E-state index contributed by atoms with van der Waals surface area (Å²) in [5.41, 5.74) is 3.06. The number of thioether (sulfide) groups is 1. The van der Waals surface area contributed by atoms with Gasteiger partial charge in [-0.15, -0.1) is 21.5 Å². The molecule has 5 rings (SSSR count). The second-order valence-corrected chi connectivity index (χ2v) is 11.4. The Kier molecular flexibility index (Phi) is 5.19. The first-order valence-corrected chi connectivity index (χ1v) is 12.3. The molecule has 0 amide bonds. The molecular formula is C23H26N4O2S2. The Hall–Kier alpha value is -2.16. The predicted octanol–water partition coefficient (Wildman–Crippen LogP) is 5.00. The number of hydrogen-bond donors (Lipinski definition) is 0. The topological polar surface area (TPSA) is 61.4 Å². The molecular weight excluding hydrogens is 428 g/mol. The molecule has 8 heteroatoms. The fourth-order valence-electron chi connectivity index (χ4n) is 4.08. The van der Waals surface area contributed by atoms with Gasteiger partial charge in [0, 0.05) is 16.5 Å². The molecule has 0 saturated heterocycles. The van der Waals surface area contributed by atoms with E-state index in [2.05, 4.69) is 42.3 Å². The van der Waals surface area contributed by atoms with E-state index in [0.29, 0.717) is 23.6 Å². The van der Waals surface area contributed by atoms with Gasteiger partial charge in [-0.3, -0.25) is 4.79 Å². The first kappa shape index (κ1) is 20.7. The van der Waals surface area contributed by atoms with Crippen molar-refractivity contribution in [2.45, 2.75) is 64.2 Å². The van der Waals surface area contributed by atoms with E-state index in [0.717, 1.165) is 43.5 Å². The quantitative estimate of drug-likeness (QED) is 0.406. The van der Waals surface area contributed by atoms with Crippen molar-refractivity contribution in [2.75, 3.05) is 0 Å². The van der Waals surface area contributed by atoms with E-state index in [-0.39, 0.29) is 11.7 Å². The van der Waals surface area contributed by atoms with Crippen molar-refractivity contribution < 1.29 is 4.74 Å². The normalized spacial score (nSPS) is 16.7. The summed E-state index contributed by atoms with van der Waals surface area (Å²) in [5, 5.41) is 10.9. The molecule has 3 aromatic heterocycles. The number of hydrogen-bond acceptors (Lipinski definition) is 6. The van der Waals surface area contributed by atoms with Gasteiger partial charge in [0.25, 0.3) is 5.56 Å². The summed E-state index contributed by atoms with van der Waals surface area (Å²) in [6, 6.07) is 8.00. The van der Waals surface area contributed by atoms with Crippen LogP contribution in [0.25, 0.3) is 21.7 Å². The molecule has 4 heterocycles. The Morgan fingerprint density at radius 3 is 2.58 bits per heavy atom. The van der Waals surface area contributed by atoms with Crippen molar-refractivity contribution in [3.63, 3.8) is 0 Å². The van der Waals surface area contributed by atoms with Gasteiger partial charge in [-0.25, -0.2) is 8.97 Å². The van der Waals surface area contributed by atoms with Crippen LogP contribution in [0.4, 0.5) is 0 Å². The molecule has 1 atom stereocenters. The van der Waals surface area contributed by atoms with E-state index in [1.165, 1.54) is 0 Å². The highest BCUT2D eigenvalue weighted by molar-refractivity contribution is 7.99. The molecule has 0 fully saturated rings. The average Bonchev–Trinajstić information content (AvgIpc) is 3.30. The average molecular weight is 455 g/mol. The van der Waals surface area contributed by atoms with Crippen molar-refractivity contribution in [3.8, 4) is 5.69 Å². The van der Waals surface area contributed by atoms with Crippen molar-refractivity contribution in [1.82, 2.24) is 19.2 Å². The van der Waals surface area contributed by atoms with Gasteiger partial charge in [0.1, 0.15) is 4.83 Å². The van der Waals surface area contributed by atoms with Gasteiger partial charge in [-0.1, -0.05) is 57.2 Å². The zero-order valence-corrected chi connectivity index (χ0v) is 20.0. The van der Waals surface area contributed by atoms with Gasteiger partial charge < -0.3 is 4.74 Å². The summed E-state index contributed by atoms with van der Waals surface area (Å²) < 4.78 is 9.89. The molecule has 0 saturated carbocycles. The third kappa shape index (κ3) is 3.41. The zero-order chi connectivity index (χ0) is 21.9. The Morgan fingerprint density at radius 1 is 1.16 bits per heavy atom. The lowest BCUT2D eigenvalue weighted by Gasteiger charge is -2.26. The summed E-state index contributed by atoms with van der Waals surface area (Å²) in [7, 11) is 0. The Bertz CT molecular complexity index is 1330. The highest BCUT2D eigenvalue weighted by atomic mass is 32.2. The molecule has 0 bridgehead atoms. The van der Waals surface area contributed by atoms with Gasteiger partial charge >= 0.3 is 0 Å². The zero-order valence-electron chi connectivity index (χ0n) is 18.4. The monoisotopic (exact) mass is 454 g/mol. The first-order chi connectivity index (χ1) is 14.8. The van der Waals surface area contributed by atoms with Crippen LogP contribution in [0, 0.1) is 12.8 Å². The van der Waals surface area contributed by atoms with Crippen LogP contribution in [0.2, 0.25) is 0 Å². The van der Waals surface area contributed by atoms with Gasteiger partial charge in [-0.05, 0) is 30.5 Å². The van der Waals surface area contributed by atoms with Crippen molar-refractivity contribution in [2.24, 2.45) is 5.92 Å². The summed E-state index contributed by atoms with van der Waals surface area (Å²) in [6.07, 6.45) is 0.884. The van der Waals surface area contributed by atoms with E-state index >= 15 is 0 Å². The van der Waals surface area contributed by atoms with Crippen LogP contribution in [-0.2, 0) is 17.8 Å². The Morgan fingerprint density at radius 2 is 1.90 bits per heavy atom. The minimum absolute atomic E-state index is 0.0262. The largest absolute Gasteiger partial charge is 0.372 e. The second-order valence-electron chi connectivity index (χ2n) is 8.74. The van der Waals surface area contributed by atoms with E-state index in [9.17, 15) is 4.79 Å². The molecule has 31 heavy (non-hydrogen) atoms. The van der Waals surface area contributed by atoms with Crippen LogP contribution >= 0.6 is 23.1 Å². The number of benzene rings is 1. The van der Waals surface area contributed by atoms with Gasteiger partial charge in [-0.2, -0.15) is 0 Å². The predicted molar refractivity (Wildman–Crippen MR) is 127 cm³/mol. The molecule has 0 unspecified atom stereocenters. The van der Waals surface area contributed by atoms with Crippen molar-refractivity contribution in [1.29, 1.82) is 0 Å². The molecule has 6 nitrogen and oxygen atoms in total. The molecule has 1 aromatic carbocycles. The summed E-state index contributed by atoms with van der Waals surface area (Å²) in [4.78, 5) is 16.0. The van der Waals surface area contributed by atoms with Crippen LogP contribution in [0.3, 0.4) is 0 Å². The molecule has 1 aliphatic heterocycles. The number of thiophene rings is 1. The fraction of sp³-hybridized carbons (Fsp3) is 0.435. The lowest BCUT2D eigenvalue weighted by molar-refractivity contribution is 0.00200. The van der Waals surface area contributed by atoms with Crippen LogP contribution in [-0.4, -0.2) is 30.5 Å². The lowest BCUT2D eigenvalue weighted by atomic mass is 9.96. The van der Waals surface area contributed by atoms with E-state index in [1.54, 1.807) is 27.7 Å². The van der Waals surface area contributed by atoms with Crippen LogP contribution < -0.4 is 5.56 Å². The Labute approximate surface area is 189 Å². The van der Waals surface area contributed by atoms with Crippen molar-refractivity contribution >= 4 is 39.1 Å². The first-order valence-electron chi connectivity index (χ1n) is 10.6.